The SMILES string of the molecule is CC[C@H](c1ccc(C(=O)NCCC(=O)O)cc1)N1C(=O)C(c2ccc(C(F)(F)F)cc2)=NC12CCC(C(C)C)CC2. The molecule has 0 radical (unpaired) electrons. The average Bonchev–Trinajstić information content (AvgIpc) is 3.20. The topological polar surface area (TPSA) is 99.1 Å². The molecule has 1 heterocycles. The molecular formula is C31H36F3N3O4. The minimum atomic E-state index is -4.48. The van der Waals surface area contributed by atoms with Gasteiger partial charge in [-0.15, -0.1) is 0 Å². The smallest absolute Gasteiger partial charge is 0.416 e. The molecule has 0 unspecified atom stereocenters. The number of rotatable bonds is 9. The molecule has 10 heteroatoms. The van der Waals surface area contributed by atoms with Crippen LogP contribution in [-0.4, -0.2) is 45.7 Å². The van der Waals surface area contributed by atoms with Crippen molar-refractivity contribution in [3.05, 3.63) is 70.8 Å². The number of nitrogens with zero attached hydrogens (tertiary/aromatic N) is 2. The van der Waals surface area contributed by atoms with E-state index in [-0.39, 0.29) is 36.5 Å². The molecule has 2 aliphatic rings. The Bertz CT molecular complexity index is 1300. The highest BCUT2D eigenvalue weighted by Gasteiger charge is 2.51. The Morgan fingerprint density at radius 2 is 1.68 bits per heavy atom. The highest BCUT2D eigenvalue weighted by Crippen LogP contribution is 2.47. The van der Waals surface area contributed by atoms with Crippen molar-refractivity contribution in [1.82, 2.24) is 10.2 Å². The number of carbonyl (C=O) groups excluding carboxylic acids is 2. The molecule has 1 atom stereocenters. The number of carbonyl (C=O) groups is 3. The van der Waals surface area contributed by atoms with Gasteiger partial charge in [0.05, 0.1) is 18.0 Å². The molecule has 0 aromatic heterocycles. The van der Waals surface area contributed by atoms with E-state index < -0.39 is 23.4 Å². The fourth-order valence-electron chi connectivity index (χ4n) is 5.98. The maximum atomic E-state index is 14.1. The van der Waals surface area contributed by atoms with E-state index >= 15 is 0 Å². The highest BCUT2D eigenvalue weighted by atomic mass is 19.4. The van der Waals surface area contributed by atoms with Gasteiger partial charge in [0.1, 0.15) is 11.4 Å². The molecule has 2 aromatic rings. The van der Waals surface area contributed by atoms with Crippen molar-refractivity contribution >= 4 is 23.5 Å². The number of aliphatic imine (C=N–C) groups is 1. The van der Waals surface area contributed by atoms with E-state index in [2.05, 4.69) is 19.2 Å². The Morgan fingerprint density at radius 1 is 1.07 bits per heavy atom. The van der Waals surface area contributed by atoms with Crippen LogP contribution in [-0.2, 0) is 15.8 Å². The van der Waals surface area contributed by atoms with Crippen LogP contribution in [0, 0.1) is 11.8 Å². The summed E-state index contributed by atoms with van der Waals surface area (Å²) in [7, 11) is 0. The number of hydrogen-bond acceptors (Lipinski definition) is 4. The summed E-state index contributed by atoms with van der Waals surface area (Å²) in [6.07, 6.45) is -0.997. The second kappa shape index (κ2) is 12.0. The van der Waals surface area contributed by atoms with Gasteiger partial charge < -0.3 is 15.3 Å². The standard InChI is InChI=1S/C31H36F3N3O4/c1-4-25(21-5-7-23(8-6-21)28(40)35-18-15-26(38)39)37-29(41)27(22-9-11-24(12-10-22)31(32,33)34)36-30(37)16-13-20(14-17-30)19(2)3/h5-12,19-20,25H,4,13-18H2,1-3H3,(H,35,40)(H,38,39)/t20?,25-,30?/m1/s1. The lowest BCUT2D eigenvalue weighted by atomic mass is 9.76. The summed E-state index contributed by atoms with van der Waals surface area (Å²) < 4.78 is 39.5. The normalized spacial score (nSPS) is 21.7. The summed E-state index contributed by atoms with van der Waals surface area (Å²) in [6.45, 7) is 6.35. The number of benzene rings is 2. The summed E-state index contributed by atoms with van der Waals surface area (Å²) in [5, 5.41) is 11.4. The predicted octanol–water partition coefficient (Wildman–Crippen LogP) is 6.24. The molecule has 1 fully saturated rings. The van der Waals surface area contributed by atoms with Crippen molar-refractivity contribution in [2.24, 2.45) is 16.8 Å². The van der Waals surface area contributed by atoms with Gasteiger partial charge in [0, 0.05) is 17.7 Å². The van der Waals surface area contributed by atoms with Crippen molar-refractivity contribution in [1.29, 1.82) is 0 Å². The lowest BCUT2D eigenvalue weighted by molar-refractivity contribution is -0.138. The van der Waals surface area contributed by atoms with Gasteiger partial charge in [0.2, 0.25) is 0 Å². The summed E-state index contributed by atoms with van der Waals surface area (Å²) >= 11 is 0. The number of halogens is 3. The zero-order valence-electron chi connectivity index (χ0n) is 23.5. The minimum absolute atomic E-state index is 0.0136. The molecule has 220 valence electrons. The van der Waals surface area contributed by atoms with Crippen molar-refractivity contribution in [3.8, 4) is 0 Å². The molecule has 2 N–H and O–H groups in total. The first kappa shape index (κ1) is 30.3. The molecule has 2 aromatic carbocycles. The van der Waals surface area contributed by atoms with Crippen LogP contribution in [0.25, 0.3) is 0 Å². The van der Waals surface area contributed by atoms with Gasteiger partial charge in [0.15, 0.2) is 0 Å². The van der Waals surface area contributed by atoms with Crippen LogP contribution in [0.1, 0.15) is 92.4 Å². The Morgan fingerprint density at radius 3 is 2.20 bits per heavy atom. The third-order valence-electron chi connectivity index (χ3n) is 8.33. The van der Waals surface area contributed by atoms with Crippen LogP contribution >= 0.6 is 0 Å². The van der Waals surface area contributed by atoms with Crippen molar-refractivity contribution in [2.45, 2.75) is 77.2 Å². The first-order valence-electron chi connectivity index (χ1n) is 14.1. The van der Waals surface area contributed by atoms with Crippen LogP contribution in [0.3, 0.4) is 0 Å². The van der Waals surface area contributed by atoms with Gasteiger partial charge in [0.25, 0.3) is 11.8 Å². The predicted molar refractivity (Wildman–Crippen MR) is 148 cm³/mol. The summed E-state index contributed by atoms with van der Waals surface area (Å²) in [4.78, 5) is 44.0. The van der Waals surface area contributed by atoms with E-state index in [0.717, 1.165) is 30.5 Å². The molecule has 7 nitrogen and oxygen atoms in total. The van der Waals surface area contributed by atoms with E-state index in [1.54, 1.807) is 24.3 Å². The van der Waals surface area contributed by atoms with Crippen LogP contribution in [0.4, 0.5) is 13.2 Å². The van der Waals surface area contributed by atoms with Gasteiger partial charge in [-0.3, -0.25) is 19.4 Å². The molecule has 0 bridgehead atoms. The highest BCUT2D eigenvalue weighted by molar-refractivity contribution is 6.46. The fourth-order valence-corrected chi connectivity index (χ4v) is 5.98. The van der Waals surface area contributed by atoms with E-state index in [1.165, 1.54) is 12.1 Å². The molecule has 1 saturated carbocycles. The second-order valence-electron chi connectivity index (χ2n) is 11.2. The van der Waals surface area contributed by atoms with E-state index in [1.807, 2.05) is 11.8 Å². The van der Waals surface area contributed by atoms with Gasteiger partial charge in [-0.1, -0.05) is 45.0 Å². The Kier molecular flexibility index (Phi) is 8.89. The molecule has 41 heavy (non-hydrogen) atoms. The zero-order chi connectivity index (χ0) is 29.9. The van der Waals surface area contributed by atoms with E-state index in [9.17, 15) is 27.6 Å². The number of amides is 2. The third-order valence-corrected chi connectivity index (χ3v) is 8.33. The zero-order valence-corrected chi connectivity index (χ0v) is 23.5. The molecule has 1 spiro atoms. The molecule has 1 aliphatic carbocycles. The number of hydrogen-bond donors (Lipinski definition) is 2. The maximum Gasteiger partial charge on any atom is 0.416 e. The summed E-state index contributed by atoms with van der Waals surface area (Å²) in [6, 6.07) is 11.1. The Labute approximate surface area is 237 Å². The third kappa shape index (κ3) is 6.47. The summed E-state index contributed by atoms with van der Waals surface area (Å²) in [5.74, 6) is -0.708. The molecule has 4 rings (SSSR count). The van der Waals surface area contributed by atoms with Crippen LogP contribution < -0.4 is 5.32 Å². The number of alkyl halides is 3. The van der Waals surface area contributed by atoms with E-state index in [0.29, 0.717) is 42.2 Å². The van der Waals surface area contributed by atoms with Gasteiger partial charge in [-0.2, -0.15) is 13.2 Å². The van der Waals surface area contributed by atoms with Crippen LogP contribution in [0.15, 0.2) is 53.5 Å². The number of carboxylic acid groups (broad SMARTS) is 1. The number of aliphatic carboxylic acids is 1. The quantitative estimate of drug-likeness (QED) is 0.373. The Hall–Kier alpha value is -3.69. The molecule has 1 aliphatic heterocycles. The van der Waals surface area contributed by atoms with Crippen molar-refractivity contribution in [3.63, 3.8) is 0 Å². The average molecular weight is 572 g/mol. The fraction of sp³-hybridized carbons (Fsp3) is 0.484. The van der Waals surface area contributed by atoms with Crippen molar-refractivity contribution in [2.75, 3.05) is 6.54 Å². The lowest BCUT2D eigenvalue weighted by Crippen LogP contribution is -2.51. The molecule has 0 saturated heterocycles. The van der Waals surface area contributed by atoms with Gasteiger partial charge in [-0.05, 0) is 73.8 Å². The lowest BCUT2D eigenvalue weighted by Gasteiger charge is -2.46. The van der Waals surface area contributed by atoms with Crippen LogP contribution in [0.2, 0.25) is 0 Å². The minimum Gasteiger partial charge on any atom is -0.481 e. The first-order chi connectivity index (χ1) is 19.4. The van der Waals surface area contributed by atoms with Gasteiger partial charge in [-0.25, -0.2) is 0 Å². The number of carboxylic acids is 1. The first-order valence-corrected chi connectivity index (χ1v) is 14.1. The number of nitrogens with one attached hydrogen (secondary N) is 1. The summed E-state index contributed by atoms with van der Waals surface area (Å²) in [5.41, 5.74) is 0.143. The second-order valence-corrected chi connectivity index (χ2v) is 11.2. The van der Waals surface area contributed by atoms with E-state index in [4.69, 9.17) is 10.1 Å². The van der Waals surface area contributed by atoms with Gasteiger partial charge >= 0.3 is 12.1 Å². The van der Waals surface area contributed by atoms with Crippen molar-refractivity contribution < 1.29 is 32.7 Å². The Balaban J connectivity index is 1.65. The monoisotopic (exact) mass is 571 g/mol. The van der Waals surface area contributed by atoms with Crippen LogP contribution in [0.5, 0.6) is 0 Å². The largest absolute Gasteiger partial charge is 0.481 e. The molecule has 2 amide bonds. The maximum absolute atomic E-state index is 14.1. The molecular weight excluding hydrogens is 535 g/mol.